The van der Waals surface area contributed by atoms with E-state index in [9.17, 15) is 0 Å². The quantitative estimate of drug-likeness (QED) is 0.283. The van der Waals surface area contributed by atoms with E-state index in [4.69, 9.17) is 0 Å². The van der Waals surface area contributed by atoms with Gasteiger partial charge in [0.15, 0.2) is 0 Å². The van der Waals surface area contributed by atoms with Crippen LogP contribution in [0.25, 0.3) is 0 Å². The van der Waals surface area contributed by atoms with Crippen LogP contribution in [0.3, 0.4) is 0 Å². The lowest BCUT2D eigenvalue weighted by Crippen LogP contribution is -2.32. The molecule has 8 atom stereocenters. The predicted molar refractivity (Wildman–Crippen MR) is 120 cm³/mol. The molecule has 0 aromatic carbocycles. The lowest BCUT2D eigenvalue weighted by atomic mass is 9.65. The Labute approximate surface area is 171 Å². The molecule has 3 saturated carbocycles. The van der Waals surface area contributed by atoms with Gasteiger partial charge in [-0.15, -0.1) is 0 Å². The van der Waals surface area contributed by atoms with Crippen molar-refractivity contribution in [2.24, 2.45) is 52.3 Å². The summed E-state index contributed by atoms with van der Waals surface area (Å²) in [6, 6.07) is 0. The zero-order valence-electron chi connectivity index (χ0n) is 19.8. The predicted octanol–water partition coefficient (Wildman–Crippen LogP) is 8.74. The van der Waals surface area contributed by atoms with E-state index in [-0.39, 0.29) is 0 Å². The maximum absolute atomic E-state index is 2.62. The Bertz CT molecular complexity index is 476. The van der Waals surface area contributed by atoms with Crippen molar-refractivity contribution in [2.45, 2.75) is 119 Å². The van der Waals surface area contributed by atoms with E-state index in [1.807, 2.05) is 0 Å². The molecule has 3 rings (SSSR count). The van der Waals surface area contributed by atoms with Crippen LogP contribution >= 0.6 is 0 Å². The summed E-state index contributed by atoms with van der Waals surface area (Å²) in [5.74, 6) is 7.22. The number of hydrogen-bond donors (Lipinski definition) is 0. The van der Waals surface area contributed by atoms with Gasteiger partial charge < -0.3 is 0 Å². The molecule has 0 radical (unpaired) electrons. The maximum Gasteiger partial charge on any atom is -0.0294 e. The molecule has 0 aromatic rings. The lowest BCUT2D eigenvalue weighted by molar-refractivity contribution is 0.0913. The maximum atomic E-state index is 2.62. The van der Waals surface area contributed by atoms with Crippen molar-refractivity contribution >= 4 is 0 Å². The van der Waals surface area contributed by atoms with Crippen molar-refractivity contribution in [3.63, 3.8) is 0 Å². The molecule has 3 aliphatic carbocycles. The van der Waals surface area contributed by atoms with Crippen LogP contribution in [-0.4, -0.2) is 0 Å². The summed E-state index contributed by atoms with van der Waals surface area (Å²) in [5.41, 5.74) is 1.26. The average Bonchev–Trinajstić information content (AvgIpc) is 3.51. The fourth-order valence-corrected chi connectivity index (χ4v) is 6.88. The van der Waals surface area contributed by atoms with Gasteiger partial charge in [0, 0.05) is 0 Å². The van der Waals surface area contributed by atoms with Crippen molar-refractivity contribution < 1.29 is 0 Å². The third kappa shape index (κ3) is 4.95. The minimum atomic E-state index is 0.528. The SMILES string of the molecule is CCCCCCCC(CC)C(C)(C)C(C)C1CC1C1CC1CC1(C)CC1C. The first-order valence-corrected chi connectivity index (χ1v) is 12.7. The zero-order valence-corrected chi connectivity index (χ0v) is 19.8. The molecule has 158 valence electrons. The summed E-state index contributed by atoms with van der Waals surface area (Å²) >= 11 is 0. The molecule has 0 heterocycles. The molecule has 0 heteroatoms. The van der Waals surface area contributed by atoms with Crippen LogP contribution in [0.1, 0.15) is 119 Å². The Hall–Kier alpha value is 0. The summed E-state index contributed by atoms with van der Waals surface area (Å²) in [4.78, 5) is 0. The Morgan fingerprint density at radius 1 is 1.00 bits per heavy atom. The largest absolute Gasteiger partial charge is 0.0654 e. The molecule has 0 N–H and O–H groups in total. The number of hydrogen-bond acceptors (Lipinski definition) is 0. The van der Waals surface area contributed by atoms with Gasteiger partial charge in [0.25, 0.3) is 0 Å². The summed E-state index contributed by atoms with van der Waals surface area (Å²) in [6.45, 7) is 17.6. The van der Waals surface area contributed by atoms with Crippen molar-refractivity contribution in [1.82, 2.24) is 0 Å². The van der Waals surface area contributed by atoms with E-state index < -0.39 is 0 Å². The van der Waals surface area contributed by atoms with Crippen LogP contribution in [0.5, 0.6) is 0 Å². The Morgan fingerprint density at radius 3 is 2.26 bits per heavy atom. The summed E-state index contributed by atoms with van der Waals surface area (Å²) in [6.07, 6.45) is 16.2. The molecule has 0 aromatic heterocycles. The Morgan fingerprint density at radius 2 is 1.67 bits per heavy atom. The molecular formula is C27H50. The number of rotatable bonds is 13. The van der Waals surface area contributed by atoms with Gasteiger partial charge in [-0.25, -0.2) is 0 Å². The molecule has 3 aliphatic rings. The van der Waals surface area contributed by atoms with Gasteiger partial charge in [0.1, 0.15) is 0 Å². The smallest absolute Gasteiger partial charge is 0.0294 e. The van der Waals surface area contributed by atoms with Crippen LogP contribution in [0.2, 0.25) is 0 Å². The van der Waals surface area contributed by atoms with Gasteiger partial charge >= 0.3 is 0 Å². The highest BCUT2D eigenvalue weighted by Crippen LogP contribution is 2.67. The monoisotopic (exact) mass is 374 g/mol. The van der Waals surface area contributed by atoms with Crippen molar-refractivity contribution in [2.75, 3.05) is 0 Å². The van der Waals surface area contributed by atoms with E-state index in [1.54, 1.807) is 19.3 Å². The van der Waals surface area contributed by atoms with E-state index in [2.05, 4.69) is 48.5 Å². The fourth-order valence-electron chi connectivity index (χ4n) is 6.88. The van der Waals surface area contributed by atoms with Gasteiger partial charge in [-0.05, 0) is 84.4 Å². The van der Waals surface area contributed by atoms with Gasteiger partial charge in [-0.1, -0.05) is 87.0 Å². The Kier molecular flexibility index (Phi) is 6.75. The number of unbranched alkanes of at least 4 members (excludes halogenated alkanes) is 4. The minimum absolute atomic E-state index is 0.528. The van der Waals surface area contributed by atoms with Crippen LogP contribution in [0.15, 0.2) is 0 Å². The molecule has 8 unspecified atom stereocenters. The summed E-state index contributed by atoms with van der Waals surface area (Å²) in [7, 11) is 0. The van der Waals surface area contributed by atoms with Gasteiger partial charge in [-0.2, -0.15) is 0 Å². The van der Waals surface area contributed by atoms with Crippen molar-refractivity contribution in [3.8, 4) is 0 Å². The van der Waals surface area contributed by atoms with Gasteiger partial charge in [-0.3, -0.25) is 0 Å². The fraction of sp³-hybridized carbons (Fsp3) is 1.00. The van der Waals surface area contributed by atoms with E-state index in [0.29, 0.717) is 5.41 Å². The molecule has 0 saturated heterocycles. The molecular weight excluding hydrogens is 324 g/mol. The van der Waals surface area contributed by atoms with Crippen LogP contribution in [0.4, 0.5) is 0 Å². The van der Waals surface area contributed by atoms with Crippen molar-refractivity contribution in [1.29, 1.82) is 0 Å². The zero-order chi connectivity index (χ0) is 19.8. The second kappa shape index (κ2) is 8.39. The highest BCUT2D eigenvalue weighted by Gasteiger charge is 2.59. The van der Waals surface area contributed by atoms with E-state index >= 15 is 0 Å². The third-order valence-electron chi connectivity index (χ3n) is 9.97. The second-order valence-electron chi connectivity index (χ2n) is 12.1. The highest BCUT2D eigenvalue weighted by molar-refractivity contribution is 5.09. The van der Waals surface area contributed by atoms with Crippen LogP contribution in [-0.2, 0) is 0 Å². The first-order chi connectivity index (χ1) is 12.7. The van der Waals surface area contributed by atoms with Crippen LogP contribution in [0, 0.1) is 52.3 Å². The molecule has 3 fully saturated rings. The first kappa shape index (κ1) is 21.7. The molecule has 0 nitrogen and oxygen atoms in total. The van der Waals surface area contributed by atoms with Crippen molar-refractivity contribution in [3.05, 3.63) is 0 Å². The summed E-state index contributed by atoms with van der Waals surface area (Å²) in [5, 5.41) is 0. The molecule has 0 aliphatic heterocycles. The second-order valence-corrected chi connectivity index (χ2v) is 12.1. The third-order valence-corrected chi connectivity index (χ3v) is 9.97. The molecule has 0 bridgehead atoms. The minimum Gasteiger partial charge on any atom is -0.0654 e. The molecule has 0 spiro atoms. The normalized spacial score (nSPS) is 39.9. The highest BCUT2D eigenvalue weighted by atomic mass is 14.6. The van der Waals surface area contributed by atoms with E-state index in [1.165, 1.54) is 51.4 Å². The topological polar surface area (TPSA) is 0 Å². The average molecular weight is 375 g/mol. The van der Waals surface area contributed by atoms with Crippen LogP contribution < -0.4 is 0 Å². The molecule has 0 amide bonds. The standard InChI is InChI=1S/C27H50/c1-8-10-11-12-13-14-22(9-2)26(5,6)20(4)23-16-25(23)24-15-21(24)18-27(7)17-19(27)3/h19-25H,8-18H2,1-7H3. The van der Waals surface area contributed by atoms with Gasteiger partial charge in [0.2, 0.25) is 0 Å². The summed E-state index contributed by atoms with van der Waals surface area (Å²) < 4.78 is 0. The molecule has 27 heavy (non-hydrogen) atoms. The first-order valence-electron chi connectivity index (χ1n) is 12.7. The van der Waals surface area contributed by atoms with Gasteiger partial charge in [0.05, 0.1) is 0 Å². The van der Waals surface area contributed by atoms with E-state index in [0.717, 1.165) is 46.8 Å². The lowest BCUT2D eigenvalue weighted by Gasteiger charge is -2.40. The Balaban J connectivity index is 1.43.